The Morgan fingerprint density at radius 3 is 2.55 bits per heavy atom. The monoisotopic (exact) mass is 310 g/mol. The van der Waals surface area contributed by atoms with Gasteiger partial charge in [-0.05, 0) is 42.9 Å². The molecule has 0 radical (unpaired) electrons. The van der Waals surface area contributed by atoms with E-state index in [-0.39, 0.29) is 16.8 Å². The van der Waals surface area contributed by atoms with Gasteiger partial charge in [0.1, 0.15) is 5.82 Å². The highest BCUT2D eigenvalue weighted by Gasteiger charge is 2.14. The molecule has 2 aromatic rings. The normalized spacial score (nSPS) is 12.4. The predicted molar refractivity (Wildman–Crippen MR) is 84.2 cm³/mol. The third kappa shape index (κ3) is 3.97. The van der Waals surface area contributed by atoms with Gasteiger partial charge in [-0.2, -0.15) is 0 Å². The molecule has 2 aromatic carbocycles. The molecule has 1 unspecified atom stereocenters. The first kappa shape index (κ1) is 15.3. The van der Waals surface area contributed by atoms with Gasteiger partial charge in [0.25, 0.3) is 0 Å². The Morgan fingerprint density at radius 2 is 1.85 bits per heavy atom. The summed E-state index contributed by atoms with van der Waals surface area (Å²) in [5.74, 6) is 0.375. The van der Waals surface area contributed by atoms with E-state index in [9.17, 15) is 4.39 Å². The molecule has 0 amide bonds. The fourth-order valence-corrected chi connectivity index (χ4v) is 2.78. The van der Waals surface area contributed by atoms with E-state index in [4.69, 9.17) is 23.2 Å². The summed E-state index contributed by atoms with van der Waals surface area (Å²) in [5.41, 5.74) is 3.10. The van der Waals surface area contributed by atoms with E-state index < -0.39 is 0 Å². The van der Waals surface area contributed by atoms with E-state index in [2.05, 4.69) is 25.1 Å². The zero-order chi connectivity index (χ0) is 14.5. The van der Waals surface area contributed by atoms with Crippen molar-refractivity contribution in [3.63, 3.8) is 0 Å². The fourth-order valence-electron chi connectivity index (χ4n) is 2.37. The third-order valence-electron chi connectivity index (χ3n) is 3.37. The molecule has 20 heavy (non-hydrogen) atoms. The SMILES string of the molecule is Cc1cccc(CC(CCl)Cc2cccc(Cl)c2F)c1. The molecule has 0 aliphatic heterocycles. The number of rotatable bonds is 5. The molecule has 0 saturated heterocycles. The van der Waals surface area contributed by atoms with Crippen molar-refractivity contribution in [2.75, 3.05) is 5.88 Å². The highest BCUT2D eigenvalue weighted by Crippen LogP contribution is 2.23. The lowest BCUT2D eigenvalue weighted by molar-refractivity contribution is 0.546. The Kier molecular flexibility index (Phi) is 5.45. The molecular formula is C17H17Cl2F. The van der Waals surface area contributed by atoms with Crippen molar-refractivity contribution in [1.29, 1.82) is 0 Å². The molecule has 0 saturated carbocycles. The van der Waals surface area contributed by atoms with Crippen LogP contribution in [0, 0.1) is 18.7 Å². The molecule has 0 N–H and O–H groups in total. The predicted octanol–water partition coefficient (Wildman–Crippen LogP) is 5.43. The minimum absolute atomic E-state index is 0.173. The molecule has 0 nitrogen and oxygen atoms in total. The minimum Gasteiger partial charge on any atom is -0.205 e. The molecule has 0 spiro atoms. The molecule has 2 rings (SSSR count). The number of benzene rings is 2. The van der Waals surface area contributed by atoms with Gasteiger partial charge in [-0.25, -0.2) is 4.39 Å². The van der Waals surface area contributed by atoms with Crippen LogP contribution in [0.25, 0.3) is 0 Å². The molecule has 0 bridgehead atoms. The molecule has 0 aliphatic carbocycles. The largest absolute Gasteiger partial charge is 0.205 e. The van der Waals surface area contributed by atoms with Gasteiger partial charge in [0.05, 0.1) is 5.02 Å². The van der Waals surface area contributed by atoms with E-state index >= 15 is 0 Å². The summed E-state index contributed by atoms with van der Waals surface area (Å²) in [6.45, 7) is 2.07. The van der Waals surface area contributed by atoms with Crippen molar-refractivity contribution in [3.8, 4) is 0 Å². The lowest BCUT2D eigenvalue weighted by atomic mass is 9.93. The summed E-state index contributed by atoms with van der Waals surface area (Å²) in [4.78, 5) is 0. The fraction of sp³-hybridized carbons (Fsp3) is 0.294. The van der Waals surface area contributed by atoms with Crippen molar-refractivity contribution < 1.29 is 4.39 Å². The molecule has 1 atom stereocenters. The quantitative estimate of drug-likeness (QED) is 0.646. The van der Waals surface area contributed by atoms with Gasteiger partial charge in [-0.3, -0.25) is 0 Å². The van der Waals surface area contributed by atoms with E-state index in [1.807, 2.05) is 6.07 Å². The Bertz CT molecular complexity index is 581. The van der Waals surface area contributed by atoms with Crippen LogP contribution in [0.4, 0.5) is 4.39 Å². The first-order valence-electron chi connectivity index (χ1n) is 6.64. The van der Waals surface area contributed by atoms with Gasteiger partial charge in [0.15, 0.2) is 0 Å². The van der Waals surface area contributed by atoms with E-state index in [1.54, 1.807) is 18.2 Å². The van der Waals surface area contributed by atoms with Gasteiger partial charge >= 0.3 is 0 Å². The lowest BCUT2D eigenvalue weighted by Crippen LogP contribution is -2.11. The van der Waals surface area contributed by atoms with E-state index in [0.29, 0.717) is 17.9 Å². The van der Waals surface area contributed by atoms with Crippen LogP contribution < -0.4 is 0 Å². The molecule has 0 heterocycles. The van der Waals surface area contributed by atoms with Gasteiger partial charge in [-0.15, -0.1) is 11.6 Å². The maximum atomic E-state index is 13.9. The topological polar surface area (TPSA) is 0 Å². The first-order chi connectivity index (χ1) is 9.60. The second kappa shape index (κ2) is 7.10. The van der Waals surface area contributed by atoms with Crippen LogP contribution in [0.2, 0.25) is 5.02 Å². The standard InChI is InChI=1S/C17H17Cl2F/c1-12-4-2-5-13(8-12)9-14(11-18)10-15-6-3-7-16(19)17(15)20/h2-8,14H,9-11H2,1H3. The lowest BCUT2D eigenvalue weighted by Gasteiger charge is -2.15. The van der Waals surface area contributed by atoms with Crippen molar-refractivity contribution in [1.82, 2.24) is 0 Å². The van der Waals surface area contributed by atoms with Crippen molar-refractivity contribution in [3.05, 3.63) is 70.0 Å². The summed E-state index contributed by atoms with van der Waals surface area (Å²) < 4.78 is 13.9. The van der Waals surface area contributed by atoms with Crippen molar-refractivity contribution in [2.24, 2.45) is 5.92 Å². The van der Waals surface area contributed by atoms with Crippen LogP contribution in [0.15, 0.2) is 42.5 Å². The highest BCUT2D eigenvalue weighted by molar-refractivity contribution is 6.30. The van der Waals surface area contributed by atoms with Crippen molar-refractivity contribution >= 4 is 23.2 Å². The maximum absolute atomic E-state index is 13.9. The number of hydrogen-bond donors (Lipinski definition) is 0. The van der Waals surface area contributed by atoms with E-state index in [1.165, 1.54) is 11.1 Å². The summed E-state index contributed by atoms with van der Waals surface area (Å²) in [6.07, 6.45) is 1.45. The number of alkyl halides is 1. The van der Waals surface area contributed by atoms with Crippen LogP contribution in [0.5, 0.6) is 0 Å². The average Bonchev–Trinajstić information content (AvgIpc) is 2.43. The van der Waals surface area contributed by atoms with Gasteiger partial charge in [0, 0.05) is 5.88 Å². The van der Waals surface area contributed by atoms with Gasteiger partial charge in [0.2, 0.25) is 0 Å². The first-order valence-corrected chi connectivity index (χ1v) is 7.55. The van der Waals surface area contributed by atoms with Crippen LogP contribution >= 0.6 is 23.2 Å². The number of halogens is 3. The van der Waals surface area contributed by atoms with E-state index in [0.717, 1.165) is 6.42 Å². The Labute approximate surface area is 129 Å². The number of hydrogen-bond acceptors (Lipinski definition) is 0. The summed E-state index contributed by atoms with van der Waals surface area (Å²) >= 11 is 11.9. The molecule has 0 aliphatic rings. The smallest absolute Gasteiger partial charge is 0.144 e. The van der Waals surface area contributed by atoms with Crippen molar-refractivity contribution in [2.45, 2.75) is 19.8 Å². The minimum atomic E-state index is -0.325. The molecule has 0 aromatic heterocycles. The molecule has 3 heteroatoms. The number of aryl methyl sites for hydroxylation is 1. The Morgan fingerprint density at radius 1 is 1.10 bits per heavy atom. The Hall–Kier alpha value is -1.05. The molecule has 106 valence electrons. The second-order valence-electron chi connectivity index (χ2n) is 5.13. The Balaban J connectivity index is 2.11. The third-order valence-corrected chi connectivity index (χ3v) is 4.09. The summed E-state index contributed by atoms with van der Waals surface area (Å²) in [5, 5.41) is 0.173. The average molecular weight is 311 g/mol. The van der Waals surface area contributed by atoms with Crippen LogP contribution in [-0.2, 0) is 12.8 Å². The van der Waals surface area contributed by atoms with Crippen LogP contribution in [-0.4, -0.2) is 5.88 Å². The zero-order valence-electron chi connectivity index (χ0n) is 11.4. The molecule has 0 fully saturated rings. The second-order valence-corrected chi connectivity index (χ2v) is 5.85. The summed E-state index contributed by atoms with van der Waals surface area (Å²) in [6, 6.07) is 13.5. The maximum Gasteiger partial charge on any atom is 0.144 e. The van der Waals surface area contributed by atoms with Gasteiger partial charge in [-0.1, -0.05) is 53.6 Å². The van der Waals surface area contributed by atoms with Crippen LogP contribution in [0.3, 0.4) is 0 Å². The highest BCUT2D eigenvalue weighted by atomic mass is 35.5. The zero-order valence-corrected chi connectivity index (χ0v) is 12.9. The molecular weight excluding hydrogens is 294 g/mol. The summed E-state index contributed by atoms with van der Waals surface area (Å²) in [7, 11) is 0. The van der Waals surface area contributed by atoms with Gasteiger partial charge < -0.3 is 0 Å². The van der Waals surface area contributed by atoms with Crippen LogP contribution in [0.1, 0.15) is 16.7 Å².